The largest absolute Gasteiger partial charge is 0.378 e. The lowest BCUT2D eigenvalue weighted by Crippen LogP contribution is -2.35. The molecule has 2 N–H and O–H groups in total. The Kier molecular flexibility index (Phi) is 7.87. The molecule has 0 radical (unpaired) electrons. The van der Waals surface area contributed by atoms with Gasteiger partial charge in [-0.15, -0.1) is 0 Å². The molecule has 2 aromatic carbocycles. The molecule has 0 saturated heterocycles. The highest BCUT2D eigenvalue weighted by atomic mass is 16.2. The maximum absolute atomic E-state index is 11.9. The Hall–Kier alpha value is -3.02. The quantitative estimate of drug-likeness (QED) is 0.690. The van der Waals surface area contributed by atoms with Crippen LogP contribution in [-0.4, -0.2) is 51.6 Å². The van der Waals surface area contributed by atoms with Crippen molar-refractivity contribution >= 4 is 17.6 Å². The molecule has 0 bridgehead atoms. The van der Waals surface area contributed by atoms with E-state index in [0.29, 0.717) is 18.7 Å². The zero-order chi connectivity index (χ0) is 20.5. The number of anilines is 1. The van der Waals surface area contributed by atoms with Crippen LogP contribution in [0.4, 0.5) is 10.5 Å². The summed E-state index contributed by atoms with van der Waals surface area (Å²) < 4.78 is 0. The van der Waals surface area contributed by atoms with Crippen molar-refractivity contribution in [2.75, 3.05) is 39.6 Å². The van der Waals surface area contributed by atoms with Crippen molar-refractivity contribution in [3.63, 3.8) is 0 Å². The molecule has 0 saturated carbocycles. The first-order chi connectivity index (χ1) is 13.4. The number of hydrogen-bond donors (Lipinski definition) is 2. The van der Waals surface area contributed by atoms with E-state index in [4.69, 9.17) is 0 Å². The Labute approximate surface area is 167 Å². The molecule has 6 nitrogen and oxygen atoms in total. The van der Waals surface area contributed by atoms with Gasteiger partial charge in [-0.05, 0) is 48.2 Å². The second-order valence-corrected chi connectivity index (χ2v) is 7.17. The van der Waals surface area contributed by atoms with Crippen molar-refractivity contribution in [1.29, 1.82) is 0 Å². The number of carbonyl (C=O) groups is 2. The van der Waals surface area contributed by atoms with E-state index in [-0.39, 0.29) is 11.9 Å². The molecule has 0 atom stereocenters. The standard InChI is InChI=1S/C22H30N4O2/c1-25(2)20-13-9-17(10-14-20)6-5-15-23-22(28)24-16-18-7-11-19(12-8-18)21(27)26(3)4/h7-14H,5-6,15-16H2,1-4H3,(H2,23,24,28). The molecule has 28 heavy (non-hydrogen) atoms. The molecular weight excluding hydrogens is 352 g/mol. The van der Waals surface area contributed by atoms with Gasteiger partial charge in [0.1, 0.15) is 0 Å². The van der Waals surface area contributed by atoms with Crippen LogP contribution in [0.3, 0.4) is 0 Å². The molecule has 0 aliphatic rings. The van der Waals surface area contributed by atoms with Gasteiger partial charge < -0.3 is 20.4 Å². The van der Waals surface area contributed by atoms with Crippen LogP contribution in [0.25, 0.3) is 0 Å². The van der Waals surface area contributed by atoms with Gasteiger partial charge in [-0.25, -0.2) is 4.79 Å². The van der Waals surface area contributed by atoms with Gasteiger partial charge in [0.2, 0.25) is 0 Å². The zero-order valence-corrected chi connectivity index (χ0v) is 17.2. The fourth-order valence-corrected chi connectivity index (χ4v) is 2.72. The summed E-state index contributed by atoms with van der Waals surface area (Å²) in [6.07, 6.45) is 1.81. The van der Waals surface area contributed by atoms with Crippen molar-refractivity contribution in [3.8, 4) is 0 Å². The molecule has 0 heterocycles. The minimum Gasteiger partial charge on any atom is -0.378 e. The van der Waals surface area contributed by atoms with Crippen LogP contribution in [0.1, 0.15) is 27.9 Å². The Balaban J connectivity index is 1.66. The fraction of sp³-hybridized carbons (Fsp3) is 0.364. The minimum absolute atomic E-state index is 0.0337. The van der Waals surface area contributed by atoms with E-state index in [1.165, 1.54) is 16.2 Å². The SMILES string of the molecule is CN(C)C(=O)c1ccc(CNC(=O)NCCCc2ccc(N(C)C)cc2)cc1. The molecule has 3 amide bonds. The Morgan fingerprint density at radius 1 is 0.821 bits per heavy atom. The van der Waals surface area contributed by atoms with Crippen LogP contribution < -0.4 is 15.5 Å². The van der Waals surface area contributed by atoms with Gasteiger partial charge in [0.25, 0.3) is 5.91 Å². The maximum Gasteiger partial charge on any atom is 0.315 e. The first kappa shape index (κ1) is 21.3. The summed E-state index contributed by atoms with van der Waals surface area (Å²) in [4.78, 5) is 27.4. The van der Waals surface area contributed by atoms with Crippen LogP contribution in [0, 0.1) is 0 Å². The Morgan fingerprint density at radius 2 is 1.43 bits per heavy atom. The summed E-state index contributed by atoms with van der Waals surface area (Å²) in [7, 11) is 7.49. The first-order valence-electron chi connectivity index (χ1n) is 9.45. The predicted octanol–water partition coefficient (Wildman–Crippen LogP) is 2.89. The highest BCUT2D eigenvalue weighted by Gasteiger charge is 2.07. The molecule has 6 heteroatoms. The highest BCUT2D eigenvalue weighted by Crippen LogP contribution is 2.13. The zero-order valence-electron chi connectivity index (χ0n) is 17.2. The lowest BCUT2D eigenvalue weighted by atomic mass is 10.1. The lowest BCUT2D eigenvalue weighted by Gasteiger charge is -2.13. The van der Waals surface area contributed by atoms with Crippen molar-refractivity contribution in [3.05, 3.63) is 65.2 Å². The van der Waals surface area contributed by atoms with Gasteiger partial charge in [0, 0.05) is 52.5 Å². The number of amides is 3. The van der Waals surface area contributed by atoms with E-state index in [1.54, 1.807) is 26.2 Å². The average molecular weight is 383 g/mol. The molecule has 0 aromatic heterocycles. The molecule has 2 aromatic rings. The summed E-state index contributed by atoms with van der Waals surface area (Å²) in [6, 6.07) is 15.5. The number of nitrogens with one attached hydrogen (secondary N) is 2. The minimum atomic E-state index is -0.184. The lowest BCUT2D eigenvalue weighted by molar-refractivity contribution is 0.0827. The summed E-state index contributed by atoms with van der Waals surface area (Å²) >= 11 is 0. The van der Waals surface area contributed by atoms with Gasteiger partial charge in [0.15, 0.2) is 0 Å². The van der Waals surface area contributed by atoms with Crippen molar-refractivity contribution < 1.29 is 9.59 Å². The second kappa shape index (κ2) is 10.3. The van der Waals surface area contributed by atoms with Gasteiger partial charge >= 0.3 is 6.03 Å². The molecule has 0 aliphatic carbocycles. The van der Waals surface area contributed by atoms with Crippen LogP contribution in [0.5, 0.6) is 0 Å². The topological polar surface area (TPSA) is 64.7 Å². The van der Waals surface area contributed by atoms with E-state index >= 15 is 0 Å². The molecule has 2 rings (SSSR count). The number of urea groups is 1. The second-order valence-electron chi connectivity index (χ2n) is 7.17. The third kappa shape index (κ3) is 6.61. The van der Waals surface area contributed by atoms with E-state index in [1.807, 2.05) is 26.2 Å². The number of nitrogens with zero attached hydrogens (tertiary/aromatic N) is 2. The third-order valence-corrected chi connectivity index (χ3v) is 4.44. The number of aryl methyl sites for hydroxylation is 1. The molecule has 0 spiro atoms. The molecule has 0 fully saturated rings. The third-order valence-electron chi connectivity index (χ3n) is 4.44. The van der Waals surface area contributed by atoms with E-state index in [0.717, 1.165) is 18.4 Å². The van der Waals surface area contributed by atoms with E-state index in [2.05, 4.69) is 39.8 Å². The Morgan fingerprint density at radius 3 is 2.00 bits per heavy atom. The van der Waals surface area contributed by atoms with Crippen molar-refractivity contribution in [2.24, 2.45) is 0 Å². The van der Waals surface area contributed by atoms with Crippen molar-refractivity contribution in [2.45, 2.75) is 19.4 Å². The number of rotatable bonds is 8. The first-order valence-corrected chi connectivity index (χ1v) is 9.45. The van der Waals surface area contributed by atoms with Gasteiger partial charge in [-0.3, -0.25) is 4.79 Å². The number of carbonyl (C=O) groups excluding carboxylic acids is 2. The van der Waals surface area contributed by atoms with Crippen LogP contribution >= 0.6 is 0 Å². The highest BCUT2D eigenvalue weighted by molar-refractivity contribution is 5.93. The summed E-state index contributed by atoms with van der Waals surface area (Å²) in [5.41, 5.74) is 4.03. The van der Waals surface area contributed by atoms with Gasteiger partial charge in [-0.2, -0.15) is 0 Å². The molecular formula is C22H30N4O2. The van der Waals surface area contributed by atoms with Gasteiger partial charge in [-0.1, -0.05) is 24.3 Å². The summed E-state index contributed by atoms with van der Waals surface area (Å²) in [6.45, 7) is 1.05. The van der Waals surface area contributed by atoms with Crippen LogP contribution in [0.2, 0.25) is 0 Å². The van der Waals surface area contributed by atoms with Crippen LogP contribution in [-0.2, 0) is 13.0 Å². The summed E-state index contributed by atoms with van der Waals surface area (Å²) in [5, 5.41) is 5.72. The predicted molar refractivity (Wildman–Crippen MR) is 114 cm³/mol. The van der Waals surface area contributed by atoms with E-state index in [9.17, 15) is 9.59 Å². The fourth-order valence-electron chi connectivity index (χ4n) is 2.72. The summed E-state index contributed by atoms with van der Waals surface area (Å²) in [5.74, 6) is -0.0337. The smallest absolute Gasteiger partial charge is 0.315 e. The van der Waals surface area contributed by atoms with E-state index < -0.39 is 0 Å². The number of hydrogen-bond acceptors (Lipinski definition) is 3. The van der Waals surface area contributed by atoms with Gasteiger partial charge in [0.05, 0.1) is 0 Å². The normalized spacial score (nSPS) is 10.3. The molecule has 0 aliphatic heterocycles. The van der Waals surface area contributed by atoms with Crippen LogP contribution in [0.15, 0.2) is 48.5 Å². The maximum atomic E-state index is 11.9. The number of benzene rings is 2. The molecule has 0 unspecified atom stereocenters. The Bertz CT molecular complexity index is 768. The van der Waals surface area contributed by atoms with Crippen molar-refractivity contribution in [1.82, 2.24) is 15.5 Å². The monoisotopic (exact) mass is 382 g/mol. The molecule has 150 valence electrons. The average Bonchev–Trinajstić information content (AvgIpc) is 2.69.